The number of carboxylic acid groups (broad SMARTS) is 1. The van der Waals surface area contributed by atoms with Crippen LogP contribution in [0.5, 0.6) is 0 Å². The van der Waals surface area contributed by atoms with Crippen LogP contribution in [0.25, 0.3) is 34.2 Å². The highest BCUT2D eigenvalue weighted by molar-refractivity contribution is 6.05. The minimum Gasteiger partial charge on any atom is -0.481 e. The SMILES string of the molecule is CCOC(=O)C1CCN(c2cccc(C(=O)Nc3ccc(-n4nc(-c5cccnc5)cc4C(F)(F)F)nn3)c2)CC1.O=C(Nc1ccc(-n2nc(-c3cccnc3)cc2C(F)(F)F)nn1)c1cccc(N2CCC(C(=O)O)CC2)c1. The summed E-state index contributed by atoms with van der Waals surface area (Å²) in [5, 5.41) is 38.0. The monoisotopic (exact) mass is 1100 g/mol. The molecule has 0 spiro atoms. The van der Waals surface area contributed by atoms with Crippen molar-refractivity contribution in [3.63, 3.8) is 0 Å². The predicted octanol–water partition coefficient (Wildman–Crippen LogP) is 9.07. The van der Waals surface area contributed by atoms with Crippen LogP contribution >= 0.6 is 0 Å². The molecule has 0 atom stereocenters. The zero-order chi connectivity index (χ0) is 56.6. The van der Waals surface area contributed by atoms with Gasteiger partial charge in [0.05, 0.1) is 29.8 Å². The Bertz CT molecular complexity index is 3460. The van der Waals surface area contributed by atoms with Crippen molar-refractivity contribution in [3.8, 4) is 34.2 Å². The first-order valence-electron chi connectivity index (χ1n) is 25.0. The average Bonchev–Trinajstić information content (AvgIpc) is 4.22. The van der Waals surface area contributed by atoms with Gasteiger partial charge >= 0.3 is 24.3 Å². The van der Waals surface area contributed by atoms with Gasteiger partial charge in [0, 0.05) is 84.6 Å². The largest absolute Gasteiger partial charge is 0.481 e. The van der Waals surface area contributed by atoms with Crippen molar-refractivity contribution in [2.75, 3.05) is 53.2 Å². The molecule has 80 heavy (non-hydrogen) atoms. The smallest absolute Gasteiger partial charge is 0.433 e. The van der Waals surface area contributed by atoms with Crippen LogP contribution in [-0.2, 0) is 26.7 Å². The Labute approximate surface area is 451 Å². The molecular formula is C54H48F6N14O6. The van der Waals surface area contributed by atoms with E-state index in [0.29, 0.717) is 90.1 Å². The fourth-order valence-electron chi connectivity index (χ4n) is 8.92. The lowest BCUT2D eigenvalue weighted by Gasteiger charge is -2.32. The van der Waals surface area contributed by atoms with Crippen molar-refractivity contribution in [3.05, 3.63) is 156 Å². The summed E-state index contributed by atoms with van der Waals surface area (Å²) in [4.78, 5) is 61.0. The number of ether oxygens (including phenoxy) is 1. The molecule has 20 nitrogen and oxygen atoms in total. The maximum Gasteiger partial charge on any atom is 0.433 e. The first kappa shape index (κ1) is 55.1. The molecule has 0 saturated carbocycles. The molecule has 0 bridgehead atoms. The molecule has 6 aromatic heterocycles. The van der Waals surface area contributed by atoms with Crippen LogP contribution in [-0.4, -0.2) is 112 Å². The first-order chi connectivity index (χ1) is 38.4. The zero-order valence-electron chi connectivity index (χ0n) is 42.3. The van der Waals surface area contributed by atoms with E-state index < -0.39 is 41.5 Å². The molecule has 2 fully saturated rings. The van der Waals surface area contributed by atoms with Crippen LogP contribution in [0.4, 0.5) is 49.4 Å². The molecule has 8 heterocycles. The Balaban J connectivity index is 0.000000194. The molecule has 2 amide bonds. The lowest BCUT2D eigenvalue weighted by atomic mass is 9.96. The zero-order valence-corrected chi connectivity index (χ0v) is 42.3. The average molecular weight is 1100 g/mol. The number of esters is 1. The fourth-order valence-corrected chi connectivity index (χ4v) is 8.92. The number of aliphatic carboxylic acids is 1. The molecule has 3 N–H and O–H groups in total. The van der Waals surface area contributed by atoms with Crippen LogP contribution in [0.2, 0.25) is 0 Å². The van der Waals surface area contributed by atoms with Gasteiger partial charge in [-0.05, 0) is 130 Å². The number of hydrogen-bond acceptors (Lipinski definition) is 15. The maximum atomic E-state index is 13.7. The number of carbonyl (C=O) groups is 4. The Morgan fingerprint density at radius 2 is 1.01 bits per heavy atom. The van der Waals surface area contributed by atoms with Crippen LogP contribution in [0.1, 0.15) is 64.7 Å². The van der Waals surface area contributed by atoms with Crippen molar-refractivity contribution in [1.82, 2.24) is 49.9 Å². The molecule has 10 rings (SSSR count). The normalized spacial score (nSPS) is 14.2. The molecular weight excluding hydrogens is 1050 g/mol. The predicted molar refractivity (Wildman–Crippen MR) is 278 cm³/mol. The molecule has 0 unspecified atom stereocenters. The third-order valence-corrected chi connectivity index (χ3v) is 13.0. The molecule has 2 saturated heterocycles. The number of aromatic nitrogens is 10. The summed E-state index contributed by atoms with van der Waals surface area (Å²) in [6.45, 7) is 4.56. The highest BCUT2D eigenvalue weighted by atomic mass is 19.4. The second kappa shape index (κ2) is 24.0. The third kappa shape index (κ3) is 13.2. The number of nitrogens with one attached hydrogen (secondary N) is 2. The van der Waals surface area contributed by atoms with Crippen molar-refractivity contribution in [1.29, 1.82) is 0 Å². The third-order valence-electron chi connectivity index (χ3n) is 13.0. The van der Waals surface area contributed by atoms with E-state index in [1.807, 2.05) is 17.0 Å². The molecule has 412 valence electrons. The number of nitrogens with zero attached hydrogens (tertiary/aromatic N) is 12. The van der Waals surface area contributed by atoms with E-state index in [1.54, 1.807) is 67.6 Å². The van der Waals surface area contributed by atoms with Gasteiger partial charge in [-0.2, -0.15) is 36.5 Å². The van der Waals surface area contributed by atoms with E-state index in [-0.39, 0.29) is 52.5 Å². The quantitative estimate of drug-likeness (QED) is 0.0720. The van der Waals surface area contributed by atoms with Crippen molar-refractivity contribution in [2.45, 2.75) is 45.0 Å². The summed E-state index contributed by atoms with van der Waals surface area (Å²) < 4.78 is 88.8. The molecule has 2 aromatic carbocycles. The number of anilines is 4. The van der Waals surface area contributed by atoms with E-state index in [9.17, 15) is 50.6 Å². The van der Waals surface area contributed by atoms with E-state index in [1.165, 1.54) is 49.1 Å². The van der Waals surface area contributed by atoms with Crippen molar-refractivity contribution in [2.24, 2.45) is 11.8 Å². The number of rotatable bonds is 13. The number of amides is 2. The number of alkyl halides is 6. The number of benzene rings is 2. The second-order valence-electron chi connectivity index (χ2n) is 18.3. The lowest BCUT2D eigenvalue weighted by Crippen LogP contribution is -2.37. The van der Waals surface area contributed by atoms with E-state index >= 15 is 0 Å². The topological polar surface area (TPSA) is 241 Å². The Morgan fingerprint density at radius 1 is 0.575 bits per heavy atom. The van der Waals surface area contributed by atoms with E-state index in [2.05, 4.69) is 56.1 Å². The van der Waals surface area contributed by atoms with Gasteiger partial charge < -0.3 is 30.3 Å². The number of hydrogen-bond donors (Lipinski definition) is 3. The summed E-state index contributed by atoms with van der Waals surface area (Å²) >= 11 is 0. The van der Waals surface area contributed by atoms with Gasteiger partial charge in [0.1, 0.15) is 0 Å². The Morgan fingerprint density at radius 3 is 1.38 bits per heavy atom. The minimum atomic E-state index is -4.70. The van der Waals surface area contributed by atoms with Gasteiger partial charge in [0.15, 0.2) is 34.7 Å². The highest BCUT2D eigenvalue weighted by Crippen LogP contribution is 2.36. The number of halogens is 6. The van der Waals surface area contributed by atoms with Crippen molar-refractivity contribution >= 4 is 46.8 Å². The molecule has 26 heteroatoms. The molecule has 0 radical (unpaired) electrons. The summed E-state index contributed by atoms with van der Waals surface area (Å²) in [5.41, 5.74) is 1.25. The van der Waals surface area contributed by atoms with Gasteiger partial charge in [-0.25, -0.2) is 9.36 Å². The Kier molecular flexibility index (Phi) is 16.5. The molecule has 2 aliphatic heterocycles. The molecule has 0 aliphatic carbocycles. The highest BCUT2D eigenvalue weighted by Gasteiger charge is 2.38. The minimum absolute atomic E-state index is 0.0459. The maximum absolute atomic E-state index is 13.7. The van der Waals surface area contributed by atoms with Crippen LogP contribution in [0.15, 0.2) is 134 Å². The summed E-state index contributed by atoms with van der Waals surface area (Å²) in [7, 11) is 0. The van der Waals surface area contributed by atoms with Gasteiger partial charge in [0.2, 0.25) is 0 Å². The molecule has 2 aliphatic rings. The first-order valence-corrected chi connectivity index (χ1v) is 25.0. The van der Waals surface area contributed by atoms with Gasteiger partial charge in [0.25, 0.3) is 11.8 Å². The van der Waals surface area contributed by atoms with E-state index in [4.69, 9.17) is 4.74 Å². The fraction of sp³-hybridized carbons (Fsp3) is 0.259. The number of carbonyl (C=O) groups excluding carboxylic acids is 3. The van der Waals surface area contributed by atoms with E-state index in [0.717, 1.165) is 23.5 Å². The van der Waals surface area contributed by atoms with Gasteiger partial charge in [-0.3, -0.25) is 29.1 Å². The van der Waals surface area contributed by atoms with Crippen LogP contribution in [0, 0.1) is 11.8 Å². The van der Waals surface area contributed by atoms with Gasteiger partial charge in [-0.1, -0.05) is 12.1 Å². The summed E-state index contributed by atoms with van der Waals surface area (Å²) in [5.74, 6) is -2.65. The molecule has 8 aromatic rings. The van der Waals surface area contributed by atoms with Crippen molar-refractivity contribution < 1.29 is 55.4 Å². The number of pyridine rings is 2. The standard InChI is InChI=1S/C28H26F3N7O3.C26H22F3N7O3/c1-2-41-27(40)18-10-13-37(14-11-18)21-7-3-5-19(15-21)26(39)33-24-8-9-25(35-34-24)38-23(28(29,30)31)16-22(36-38)20-6-4-12-32-17-20;27-26(28,29)21-14-20(18-4-2-10-30-15-18)34-36(21)23-7-6-22(32-33-23)31-24(37)17-3-1-5-19(13-17)35-11-8-16(9-12-35)25(38)39/h3-9,12,15-18H,2,10-11,13-14H2,1H3,(H,33,34,39);1-7,10,13-16H,8-9,11-12H2,(H,38,39)(H,31,32,37). The summed E-state index contributed by atoms with van der Waals surface area (Å²) in [6, 6.07) is 27.4. The lowest BCUT2D eigenvalue weighted by molar-refractivity contribution is -0.149. The Hall–Kier alpha value is -9.62. The number of carboxylic acids is 1. The summed E-state index contributed by atoms with van der Waals surface area (Å²) in [6.07, 6.45) is -1.20. The number of piperidine rings is 2. The van der Waals surface area contributed by atoms with Crippen LogP contribution < -0.4 is 20.4 Å². The van der Waals surface area contributed by atoms with Gasteiger partial charge in [-0.15, -0.1) is 20.4 Å². The van der Waals surface area contributed by atoms with Crippen LogP contribution in [0.3, 0.4) is 0 Å². The second-order valence-corrected chi connectivity index (χ2v) is 18.3.